The fourth-order valence-corrected chi connectivity index (χ4v) is 1.33. The van der Waals surface area contributed by atoms with Crippen LogP contribution in [0, 0.1) is 10.1 Å². The van der Waals surface area contributed by atoms with Crippen LogP contribution in [0.5, 0.6) is 5.88 Å². The highest BCUT2D eigenvalue weighted by atomic mass is 16.6. The number of rotatable bonds is 6. The van der Waals surface area contributed by atoms with Crippen LogP contribution in [0.3, 0.4) is 0 Å². The monoisotopic (exact) mass is 266 g/mol. The summed E-state index contributed by atoms with van der Waals surface area (Å²) < 4.78 is 9.63. The minimum absolute atomic E-state index is 0.0316. The van der Waals surface area contributed by atoms with Crippen molar-refractivity contribution in [3.05, 3.63) is 34.0 Å². The molecule has 7 heteroatoms. The molecule has 19 heavy (non-hydrogen) atoms. The second-order valence-electron chi connectivity index (χ2n) is 3.43. The van der Waals surface area contributed by atoms with Gasteiger partial charge in [0.05, 0.1) is 25.1 Å². The summed E-state index contributed by atoms with van der Waals surface area (Å²) >= 11 is 0. The number of methoxy groups -OCH3 is 1. The molecule has 0 saturated heterocycles. The number of hydrogen-bond acceptors (Lipinski definition) is 6. The van der Waals surface area contributed by atoms with Crippen LogP contribution in [0.4, 0.5) is 5.69 Å². The molecule has 0 N–H and O–H groups in total. The van der Waals surface area contributed by atoms with E-state index in [1.807, 2.05) is 0 Å². The lowest BCUT2D eigenvalue weighted by atomic mass is 10.2. The summed E-state index contributed by atoms with van der Waals surface area (Å²) in [7, 11) is 1.42. The molecule has 0 aliphatic rings. The van der Waals surface area contributed by atoms with Gasteiger partial charge in [0.2, 0.25) is 5.88 Å². The van der Waals surface area contributed by atoms with Crippen molar-refractivity contribution in [1.82, 2.24) is 4.98 Å². The third kappa shape index (κ3) is 4.38. The van der Waals surface area contributed by atoms with Crippen molar-refractivity contribution in [3.63, 3.8) is 0 Å². The lowest BCUT2D eigenvalue weighted by Crippen LogP contribution is -2.01. The highest BCUT2D eigenvalue weighted by molar-refractivity contribution is 5.73. The van der Waals surface area contributed by atoms with E-state index in [1.165, 1.54) is 31.4 Å². The van der Waals surface area contributed by atoms with Gasteiger partial charge in [-0.3, -0.25) is 14.9 Å². The highest BCUT2D eigenvalue weighted by Gasteiger charge is 2.13. The molecule has 7 nitrogen and oxygen atoms in total. The molecule has 1 aromatic rings. The van der Waals surface area contributed by atoms with Gasteiger partial charge in [-0.2, -0.15) is 0 Å². The van der Waals surface area contributed by atoms with Gasteiger partial charge < -0.3 is 9.47 Å². The van der Waals surface area contributed by atoms with Crippen LogP contribution >= 0.6 is 0 Å². The topological polar surface area (TPSA) is 91.6 Å². The number of ether oxygens (including phenoxy) is 2. The number of hydrogen-bond donors (Lipinski definition) is 0. The van der Waals surface area contributed by atoms with Crippen LogP contribution in [0.1, 0.15) is 19.0 Å². The van der Waals surface area contributed by atoms with Crippen LogP contribution in [0.15, 0.2) is 18.2 Å². The summed E-state index contributed by atoms with van der Waals surface area (Å²) in [6, 6.07) is 2.71. The first-order valence-corrected chi connectivity index (χ1v) is 5.60. The van der Waals surface area contributed by atoms with Gasteiger partial charge in [-0.25, -0.2) is 4.98 Å². The average molecular weight is 266 g/mol. The Labute approximate surface area is 110 Å². The van der Waals surface area contributed by atoms with Crippen molar-refractivity contribution >= 4 is 17.7 Å². The van der Waals surface area contributed by atoms with Gasteiger partial charge in [0, 0.05) is 12.1 Å². The molecule has 0 spiro atoms. The molecule has 0 bridgehead atoms. The third-order valence-electron chi connectivity index (χ3n) is 2.15. The molecule has 0 amide bonds. The Morgan fingerprint density at radius 3 is 2.84 bits per heavy atom. The molecule has 0 aromatic carbocycles. The van der Waals surface area contributed by atoms with Crippen LogP contribution in [0.25, 0.3) is 6.08 Å². The molecular weight excluding hydrogens is 252 g/mol. The average Bonchev–Trinajstić information content (AvgIpc) is 2.38. The Hall–Kier alpha value is -2.44. The Morgan fingerprint density at radius 2 is 2.26 bits per heavy atom. The molecular formula is C12H14N2O5. The summed E-state index contributed by atoms with van der Waals surface area (Å²) in [6.07, 6.45) is 2.90. The molecule has 0 fully saturated rings. The van der Waals surface area contributed by atoms with Crippen molar-refractivity contribution in [2.75, 3.05) is 13.7 Å². The summed E-state index contributed by atoms with van der Waals surface area (Å²) in [5.41, 5.74) is -0.0189. The summed E-state index contributed by atoms with van der Waals surface area (Å²) in [5, 5.41) is 10.8. The van der Waals surface area contributed by atoms with E-state index in [1.54, 1.807) is 6.92 Å². The number of carbonyl (C=O) groups is 1. The number of nitro groups is 1. The maximum absolute atomic E-state index is 11.1. The first-order chi connectivity index (χ1) is 9.08. The maximum Gasteiger partial charge on any atom is 0.309 e. The second-order valence-corrected chi connectivity index (χ2v) is 3.43. The number of aromatic nitrogens is 1. The summed E-state index contributed by atoms with van der Waals surface area (Å²) in [4.78, 5) is 25.4. The number of nitrogens with zero attached hydrogens (tertiary/aromatic N) is 2. The molecule has 0 atom stereocenters. The zero-order valence-corrected chi connectivity index (χ0v) is 10.7. The van der Waals surface area contributed by atoms with Gasteiger partial charge in [0.15, 0.2) is 0 Å². The molecule has 102 valence electrons. The van der Waals surface area contributed by atoms with Crippen LogP contribution in [0.2, 0.25) is 0 Å². The van der Waals surface area contributed by atoms with Gasteiger partial charge in [-0.15, -0.1) is 0 Å². The number of pyridine rings is 1. The fourth-order valence-electron chi connectivity index (χ4n) is 1.33. The lowest BCUT2D eigenvalue weighted by Gasteiger charge is -2.01. The number of esters is 1. The maximum atomic E-state index is 11.1. The van der Waals surface area contributed by atoms with Gasteiger partial charge >= 0.3 is 5.97 Å². The lowest BCUT2D eigenvalue weighted by molar-refractivity contribution is -0.385. The Balaban J connectivity index is 2.88. The smallest absolute Gasteiger partial charge is 0.309 e. The number of carbonyl (C=O) groups excluding carboxylic acids is 1. The standard InChI is InChI=1S/C12H14N2O5/c1-3-19-12(15)6-4-5-9-10(14(16)17)7-8-11(13-9)18-2/h4-5,7-8H,3,6H2,1-2H3. The van der Waals surface area contributed by atoms with E-state index in [2.05, 4.69) is 4.98 Å². The summed E-state index contributed by atoms with van der Waals surface area (Å²) in [5.74, 6) is -0.134. The molecule has 1 heterocycles. The summed E-state index contributed by atoms with van der Waals surface area (Å²) in [6.45, 7) is 2.00. The Kier molecular flexibility index (Phi) is 5.46. The molecule has 1 aromatic heterocycles. The van der Waals surface area contributed by atoms with Gasteiger partial charge in [-0.05, 0) is 13.0 Å². The van der Waals surface area contributed by atoms with Gasteiger partial charge in [-0.1, -0.05) is 6.08 Å². The molecule has 0 aliphatic carbocycles. The predicted octanol–water partition coefficient (Wildman–Crippen LogP) is 1.96. The van der Waals surface area contributed by atoms with E-state index in [4.69, 9.17) is 9.47 Å². The Morgan fingerprint density at radius 1 is 1.53 bits per heavy atom. The molecule has 1 rings (SSSR count). The van der Waals surface area contributed by atoms with Crippen LogP contribution < -0.4 is 4.74 Å². The largest absolute Gasteiger partial charge is 0.481 e. The van der Waals surface area contributed by atoms with Crippen LogP contribution in [-0.4, -0.2) is 29.6 Å². The quantitative estimate of drug-likeness (QED) is 0.444. The van der Waals surface area contributed by atoms with E-state index in [0.29, 0.717) is 6.61 Å². The van der Waals surface area contributed by atoms with Crippen molar-refractivity contribution in [2.24, 2.45) is 0 Å². The fraction of sp³-hybridized carbons (Fsp3) is 0.333. The van der Waals surface area contributed by atoms with Gasteiger partial charge in [0.1, 0.15) is 5.69 Å². The molecule has 0 radical (unpaired) electrons. The van der Waals surface area contributed by atoms with Crippen molar-refractivity contribution in [1.29, 1.82) is 0 Å². The van der Waals surface area contributed by atoms with E-state index in [9.17, 15) is 14.9 Å². The zero-order chi connectivity index (χ0) is 14.3. The SMILES string of the molecule is CCOC(=O)CC=Cc1nc(OC)ccc1[N+](=O)[O-]. The van der Waals surface area contributed by atoms with E-state index in [0.717, 1.165) is 0 Å². The van der Waals surface area contributed by atoms with E-state index >= 15 is 0 Å². The minimum atomic E-state index is -0.545. The first kappa shape index (κ1) is 14.6. The molecule has 0 saturated carbocycles. The second kappa shape index (κ2) is 7.10. The molecule has 0 aliphatic heterocycles. The zero-order valence-electron chi connectivity index (χ0n) is 10.7. The van der Waals surface area contributed by atoms with Crippen molar-refractivity contribution in [3.8, 4) is 5.88 Å². The Bertz CT molecular complexity index is 499. The van der Waals surface area contributed by atoms with Crippen molar-refractivity contribution in [2.45, 2.75) is 13.3 Å². The normalized spacial score (nSPS) is 10.4. The third-order valence-corrected chi connectivity index (χ3v) is 2.15. The molecule has 0 unspecified atom stereocenters. The van der Waals surface area contributed by atoms with E-state index in [-0.39, 0.29) is 23.7 Å². The minimum Gasteiger partial charge on any atom is -0.481 e. The highest BCUT2D eigenvalue weighted by Crippen LogP contribution is 2.21. The first-order valence-electron chi connectivity index (χ1n) is 5.60. The van der Waals surface area contributed by atoms with Crippen LogP contribution in [-0.2, 0) is 9.53 Å². The van der Waals surface area contributed by atoms with Gasteiger partial charge in [0.25, 0.3) is 5.69 Å². The predicted molar refractivity (Wildman–Crippen MR) is 67.7 cm³/mol. The van der Waals surface area contributed by atoms with Crippen molar-refractivity contribution < 1.29 is 19.2 Å². The van der Waals surface area contributed by atoms with E-state index < -0.39 is 10.9 Å².